The number of methoxy groups -OCH3 is 1. The molecule has 1 aliphatic rings. The Bertz CT molecular complexity index is 554. The molecule has 0 atom stereocenters. The van der Waals surface area contributed by atoms with Crippen LogP contribution in [-0.2, 0) is 16.6 Å². The molecule has 4 nitrogen and oxygen atoms in total. The zero-order chi connectivity index (χ0) is 13.2. The highest BCUT2D eigenvalue weighted by atomic mass is 32.2. The largest absolute Gasteiger partial charge is 0.497 e. The SMILES string of the molecule is C=CS(=O)(=O)N1CCSc2ccc(OC)cc2C1. The molecule has 2 rings (SSSR count). The molecule has 0 unspecified atom stereocenters. The Labute approximate surface area is 112 Å². The Morgan fingerprint density at radius 3 is 2.94 bits per heavy atom. The van der Waals surface area contributed by atoms with Crippen molar-refractivity contribution in [2.24, 2.45) is 0 Å². The summed E-state index contributed by atoms with van der Waals surface area (Å²) in [4.78, 5) is 1.11. The minimum absolute atomic E-state index is 0.369. The van der Waals surface area contributed by atoms with E-state index in [1.165, 1.54) is 4.31 Å². The summed E-state index contributed by atoms with van der Waals surface area (Å²) in [6.07, 6.45) is 0. The molecule has 1 aliphatic heterocycles. The Kier molecular flexibility index (Phi) is 3.99. The fourth-order valence-corrected chi connectivity index (χ4v) is 3.79. The first-order valence-electron chi connectivity index (χ1n) is 5.49. The van der Waals surface area contributed by atoms with Crippen molar-refractivity contribution in [2.75, 3.05) is 19.4 Å². The average Bonchev–Trinajstić information content (AvgIpc) is 2.60. The van der Waals surface area contributed by atoms with E-state index in [1.54, 1.807) is 18.9 Å². The summed E-state index contributed by atoms with van der Waals surface area (Å²) in [5.41, 5.74) is 0.974. The number of nitrogens with zero attached hydrogens (tertiary/aromatic N) is 1. The lowest BCUT2D eigenvalue weighted by molar-refractivity contribution is 0.409. The standard InChI is InChI=1S/C12H15NO3S2/c1-3-18(14,15)13-6-7-17-12-5-4-11(16-2)8-10(12)9-13/h3-5,8H,1,6-7,9H2,2H3. The quantitative estimate of drug-likeness (QED) is 0.853. The van der Waals surface area contributed by atoms with Crippen LogP contribution in [0.3, 0.4) is 0 Å². The van der Waals surface area contributed by atoms with Gasteiger partial charge >= 0.3 is 0 Å². The van der Waals surface area contributed by atoms with E-state index in [9.17, 15) is 8.42 Å². The van der Waals surface area contributed by atoms with E-state index in [-0.39, 0.29) is 0 Å². The number of thioether (sulfide) groups is 1. The summed E-state index contributed by atoms with van der Waals surface area (Å²) < 4.78 is 30.3. The smallest absolute Gasteiger partial charge is 0.235 e. The average molecular weight is 285 g/mol. The van der Waals surface area contributed by atoms with Crippen LogP contribution in [0.4, 0.5) is 0 Å². The van der Waals surface area contributed by atoms with Crippen molar-refractivity contribution in [1.29, 1.82) is 0 Å². The zero-order valence-corrected chi connectivity index (χ0v) is 11.8. The van der Waals surface area contributed by atoms with Crippen molar-refractivity contribution in [2.45, 2.75) is 11.4 Å². The molecule has 0 saturated carbocycles. The summed E-state index contributed by atoms with van der Waals surface area (Å²) in [5.74, 6) is 1.49. The molecule has 98 valence electrons. The van der Waals surface area contributed by atoms with Crippen molar-refractivity contribution in [3.05, 3.63) is 35.7 Å². The van der Waals surface area contributed by atoms with E-state index in [0.29, 0.717) is 13.1 Å². The summed E-state index contributed by atoms with van der Waals surface area (Å²) in [6.45, 7) is 4.23. The lowest BCUT2D eigenvalue weighted by atomic mass is 10.2. The van der Waals surface area contributed by atoms with Crippen LogP contribution in [-0.4, -0.2) is 32.1 Å². The molecule has 0 spiro atoms. The van der Waals surface area contributed by atoms with E-state index in [4.69, 9.17) is 4.74 Å². The number of ether oxygens (including phenoxy) is 1. The highest BCUT2D eigenvalue weighted by Crippen LogP contribution is 2.31. The predicted octanol–water partition coefficient (Wildman–Crippen LogP) is 2.08. The maximum Gasteiger partial charge on any atom is 0.235 e. The van der Waals surface area contributed by atoms with Gasteiger partial charge < -0.3 is 4.74 Å². The molecule has 0 N–H and O–H groups in total. The van der Waals surface area contributed by atoms with Gasteiger partial charge in [-0.15, -0.1) is 11.8 Å². The highest BCUT2D eigenvalue weighted by Gasteiger charge is 2.23. The fraction of sp³-hybridized carbons (Fsp3) is 0.333. The Morgan fingerprint density at radius 2 is 2.28 bits per heavy atom. The zero-order valence-electron chi connectivity index (χ0n) is 10.1. The molecular formula is C12H15NO3S2. The number of benzene rings is 1. The second-order valence-electron chi connectivity index (χ2n) is 3.87. The normalized spacial score (nSPS) is 16.7. The van der Waals surface area contributed by atoms with Crippen LogP contribution in [0, 0.1) is 0 Å². The first-order chi connectivity index (χ1) is 8.56. The number of fused-ring (bicyclic) bond motifs is 1. The molecule has 0 radical (unpaired) electrons. The van der Waals surface area contributed by atoms with Gasteiger partial charge in [0.25, 0.3) is 0 Å². The fourth-order valence-electron chi connectivity index (χ4n) is 1.80. The lowest BCUT2D eigenvalue weighted by Gasteiger charge is -2.17. The van der Waals surface area contributed by atoms with Crippen molar-refractivity contribution in [3.8, 4) is 5.75 Å². The summed E-state index contributed by atoms with van der Waals surface area (Å²) in [6, 6.07) is 5.76. The van der Waals surface area contributed by atoms with Gasteiger partial charge in [-0.3, -0.25) is 0 Å². The van der Waals surface area contributed by atoms with Crippen molar-refractivity contribution < 1.29 is 13.2 Å². The topological polar surface area (TPSA) is 46.6 Å². The van der Waals surface area contributed by atoms with E-state index in [0.717, 1.165) is 27.4 Å². The number of hydrogen-bond acceptors (Lipinski definition) is 4. The lowest BCUT2D eigenvalue weighted by Crippen LogP contribution is -2.29. The Morgan fingerprint density at radius 1 is 1.50 bits per heavy atom. The molecule has 0 aromatic heterocycles. The first kappa shape index (κ1) is 13.5. The summed E-state index contributed by atoms with van der Waals surface area (Å²) in [7, 11) is -1.76. The van der Waals surface area contributed by atoms with E-state index in [2.05, 4.69) is 6.58 Å². The number of rotatable bonds is 3. The second-order valence-corrected chi connectivity index (χ2v) is 6.88. The van der Waals surface area contributed by atoms with Gasteiger partial charge in [-0.2, -0.15) is 4.31 Å². The Balaban J connectivity index is 2.36. The van der Waals surface area contributed by atoms with Crippen LogP contribution in [0.2, 0.25) is 0 Å². The molecule has 0 amide bonds. The van der Waals surface area contributed by atoms with Crippen LogP contribution in [0.1, 0.15) is 5.56 Å². The van der Waals surface area contributed by atoms with Gasteiger partial charge in [-0.25, -0.2) is 8.42 Å². The molecule has 0 aliphatic carbocycles. The molecular weight excluding hydrogens is 270 g/mol. The van der Waals surface area contributed by atoms with Crippen LogP contribution < -0.4 is 4.74 Å². The number of hydrogen-bond donors (Lipinski definition) is 0. The minimum atomic E-state index is -3.36. The molecule has 1 heterocycles. The van der Waals surface area contributed by atoms with E-state index in [1.807, 2.05) is 18.2 Å². The van der Waals surface area contributed by atoms with Crippen molar-refractivity contribution in [1.82, 2.24) is 4.31 Å². The van der Waals surface area contributed by atoms with E-state index < -0.39 is 10.0 Å². The molecule has 0 saturated heterocycles. The van der Waals surface area contributed by atoms with Gasteiger partial charge in [0, 0.05) is 29.1 Å². The van der Waals surface area contributed by atoms with Gasteiger partial charge in [-0.05, 0) is 23.8 Å². The maximum absolute atomic E-state index is 11.8. The minimum Gasteiger partial charge on any atom is -0.497 e. The summed E-state index contributed by atoms with van der Waals surface area (Å²) >= 11 is 1.66. The molecule has 0 bridgehead atoms. The predicted molar refractivity (Wildman–Crippen MR) is 73.2 cm³/mol. The molecule has 6 heteroatoms. The Hall–Kier alpha value is -0.980. The van der Waals surface area contributed by atoms with Gasteiger partial charge in [-0.1, -0.05) is 6.58 Å². The molecule has 18 heavy (non-hydrogen) atoms. The monoisotopic (exact) mass is 285 g/mol. The van der Waals surface area contributed by atoms with Crippen LogP contribution >= 0.6 is 11.8 Å². The third-order valence-electron chi connectivity index (χ3n) is 2.78. The third kappa shape index (κ3) is 2.71. The van der Waals surface area contributed by atoms with Crippen LogP contribution in [0.15, 0.2) is 35.1 Å². The van der Waals surface area contributed by atoms with E-state index >= 15 is 0 Å². The van der Waals surface area contributed by atoms with Crippen molar-refractivity contribution in [3.63, 3.8) is 0 Å². The summed E-state index contributed by atoms with van der Waals surface area (Å²) in [5, 5.41) is 1.00. The van der Waals surface area contributed by atoms with Crippen molar-refractivity contribution >= 4 is 21.8 Å². The van der Waals surface area contributed by atoms with Gasteiger partial charge in [0.2, 0.25) is 10.0 Å². The molecule has 1 aromatic carbocycles. The highest BCUT2D eigenvalue weighted by molar-refractivity contribution is 7.99. The van der Waals surface area contributed by atoms with Gasteiger partial charge in [0.15, 0.2) is 0 Å². The van der Waals surface area contributed by atoms with Crippen LogP contribution in [0.25, 0.3) is 0 Å². The van der Waals surface area contributed by atoms with Gasteiger partial charge in [0.05, 0.1) is 7.11 Å². The number of sulfonamides is 1. The first-order valence-corrected chi connectivity index (χ1v) is 7.98. The maximum atomic E-state index is 11.8. The second kappa shape index (κ2) is 5.34. The third-order valence-corrected chi connectivity index (χ3v) is 5.33. The van der Waals surface area contributed by atoms with Gasteiger partial charge in [0.1, 0.15) is 5.75 Å². The molecule has 0 fully saturated rings. The molecule has 1 aromatic rings. The van der Waals surface area contributed by atoms with Crippen LogP contribution in [0.5, 0.6) is 5.75 Å².